The predicted molar refractivity (Wildman–Crippen MR) is 74.0 cm³/mol. The second-order valence-electron chi connectivity index (χ2n) is 4.56. The van der Waals surface area contributed by atoms with Crippen molar-refractivity contribution >= 4 is 12.1 Å². The quantitative estimate of drug-likeness (QED) is 0.491. The van der Waals surface area contributed by atoms with E-state index in [-0.39, 0.29) is 5.97 Å². The standard InChI is InChI=1S/C14H27NO4/c1-4-6-8-9-10-12(15-14(17)18-3)13(16)19-11-7-5-2/h12H,4-11H2,1-3H3,(H,15,17). The maximum atomic E-state index is 11.8. The number of rotatable bonds is 10. The number of ether oxygens (including phenoxy) is 2. The molecule has 0 spiro atoms. The molecule has 0 aliphatic rings. The highest BCUT2D eigenvalue weighted by Gasteiger charge is 2.21. The van der Waals surface area contributed by atoms with E-state index in [4.69, 9.17) is 4.74 Å². The number of alkyl carbamates (subject to hydrolysis) is 1. The van der Waals surface area contributed by atoms with E-state index in [2.05, 4.69) is 17.0 Å². The lowest BCUT2D eigenvalue weighted by molar-refractivity contribution is -0.146. The Morgan fingerprint density at radius 3 is 2.32 bits per heavy atom. The molecule has 112 valence electrons. The topological polar surface area (TPSA) is 64.6 Å². The molecule has 0 bridgehead atoms. The zero-order valence-corrected chi connectivity index (χ0v) is 12.4. The molecule has 0 aromatic rings. The van der Waals surface area contributed by atoms with Gasteiger partial charge in [-0.15, -0.1) is 0 Å². The van der Waals surface area contributed by atoms with E-state index in [1.807, 2.05) is 6.92 Å². The minimum Gasteiger partial charge on any atom is -0.464 e. The molecule has 0 rings (SSSR count). The van der Waals surface area contributed by atoms with Gasteiger partial charge in [0.2, 0.25) is 0 Å². The van der Waals surface area contributed by atoms with Crippen LogP contribution >= 0.6 is 0 Å². The van der Waals surface area contributed by atoms with E-state index in [0.717, 1.165) is 38.5 Å². The first kappa shape index (κ1) is 17.7. The van der Waals surface area contributed by atoms with Gasteiger partial charge in [0.05, 0.1) is 13.7 Å². The van der Waals surface area contributed by atoms with Gasteiger partial charge in [-0.3, -0.25) is 0 Å². The Morgan fingerprint density at radius 1 is 1.05 bits per heavy atom. The smallest absolute Gasteiger partial charge is 0.407 e. The predicted octanol–water partition coefficient (Wildman–Crippen LogP) is 3.02. The molecule has 0 saturated carbocycles. The van der Waals surface area contributed by atoms with Crippen LogP contribution < -0.4 is 5.32 Å². The Morgan fingerprint density at radius 2 is 1.74 bits per heavy atom. The molecule has 0 saturated heterocycles. The fourth-order valence-corrected chi connectivity index (χ4v) is 1.64. The second kappa shape index (κ2) is 11.8. The summed E-state index contributed by atoms with van der Waals surface area (Å²) in [6, 6.07) is -0.596. The minimum absolute atomic E-state index is 0.365. The summed E-state index contributed by atoms with van der Waals surface area (Å²) in [6.07, 6.45) is 6.04. The molecule has 19 heavy (non-hydrogen) atoms. The molecule has 1 amide bonds. The van der Waals surface area contributed by atoms with Crippen LogP contribution in [0.3, 0.4) is 0 Å². The van der Waals surface area contributed by atoms with Gasteiger partial charge in [-0.05, 0) is 12.8 Å². The first-order chi connectivity index (χ1) is 9.15. The third-order valence-corrected chi connectivity index (χ3v) is 2.85. The molecule has 5 nitrogen and oxygen atoms in total. The van der Waals surface area contributed by atoms with Gasteiger partial charge < -0.3 is 14.8 Å². The van der Waals surface area contributed by atoms with E-state index in [0.29, 0.717) is 13.0 Å². The van der Waals surface area contributed by atoms with Crippen molar-refractivity contribution in [1.82, 2.24) is 5.32 Å². The number of nitrogens with one attached hydrogen (secondary N) is 1. The Kier molecular flexibility index (Phi) is 11.0. The fraction of sp³-hybridized carbons (Fsp3) is 0.857. The van der Waals surface area contributed by atoms with Crippen LogP contribution in [0, 0.1) is 0 Å². The summed E-state index contributed by atoms with van der Waals surface area (Å²) >= 11 is 0. The van der Waals surface area contributed by atoms with Crippen LogP contribution in [0.2, 0.25) is 0 Å². The molecule has 5 heteroatoms. The molecule has 0 aliphatic carbocycles. The van der Waals surface area contributed by atoms with Crippen molar-refractivity contribution in [3.8, 4) is 0 Å². The normalized spacial score (nSPS) is 11.7. The van der Waals surface area contributed by atoms with E-state index >= 15 is 0 Å². The van der Waals surface area contributed by atoms with Gasteiger partial charge >= 0.3 is 12.1 Å². The number of hydrogen-bond acceptors (Lipinski definition) is 4. The fourth-order valence-electron chi connectivity index (χ4n) is 1.64. The maximum absolute atomic E-state index is 11.8. The Labute approximate surface area is 116 Å². The maximum Gasteiger partial charge on any atom is 0.407 e. The molecule has 0 aromatic carbocycles. The largest absolute Gasteiger partial charge is 0.464 e. The van der Waals surface area contributed by atoms with E-state index in [1.165, 1.54) is 7.11 Å². The highest BCUT2D eigenvalue weighted by molar-refractivity contribution is 5.81. The zero-order valence-electron chi connectivity index (χ0n) is 12.4. The Bertz CT molecular complexity index is 256. The van der Waals surface area contributed by atoms with Crippen molar-refractivity contribution in [3.05, 3.63) is 0 Å². The minimum atomic E-state index is -0.596. The molecule has 0 radical (unpaired) electrons. The van der Waals surface area contributed by atoms with Crippen LogP contribution in [0.25, 0.3) is 0 Å². The summed E-state index contributed by atoms with van der Waals surface area (Å²) < 4.78 is 9.66. The van der Waals surface area contributed by atoms with Crippen molar-refractivity contribution in [2.75, 3.05) is 13.7 Å². The average Bonchev–Trinajstić information content (AvgIpc) is 2.42. The third-order valence-electron chi connectivity index (χ3n) is 2.85. The molecule has 1 atom stereocenters. The van der Waals surface area contributed by atoms with Gasteiger partial charge in [0.15, 0.2) is 0 Å². The highest BCUT2D eigenvalue weighted by atomic mass is 16.5. The average molecular weight is 273 g/mol. The molecule has 1 N–H and O–H groups in total. The second-order valence-corrected chi connectivity index (χ2v) is 4.56. The number of carbonyl (C=O) groups is 2. The van der Waals surface area contributed by atoms with Crippen molar-refractivity contribution in [1.29, 1.82) is 0 Å². The number of carbonyl (C=O) groups excluding carboxylic acids is 2. The molecule has 0 aromatic heterocycles. The Balaban J connectivity index is 4.14. The Hall–Kier alpha value is -1.26. The molecule has 1 unspecified atom stereocenters. The van der Waals surface area contributed by atoms with E-state index < -0.39 is 12.1 Å². The molecule has 0 heterocycles. The third kappa shape index (κ3) is 9.33. The molecular weight excluding hydrogens is 246 g/mol. The number of unbranched alkanes of at least 4 members (excludes halogenated alkanes) is 4. The summed E-state index contributed by atoms with van der Waals surface area (Å²) in [5.74, 6) is -0.365. The van der Waals surface area contributed by atoms with Gasteiger partial charge in [0, 0.05) is 0 Å². The first-order valence-corrected chi connectivity index (χ1v) is 7.16. The summed E-state index contributed by atoms with van der Waals surface area (Å²) in [7, 11) is 1.28. The van der Waals surface area contributed by atoms with Crippen LogP contribution in [0.1, 0.15) is 58.8 Å². The van der Waals surface area contributed by atoms with Gasteiger partial charge in [-0.2, -0.15) is 0 Å². The SMILES string of the molecule is CCCCCCC(NC(=O)OC)C(=O)OCCCC. The lowest BCUT2D eigenvalue weighted by atomic mass is 10.1. The van der Waals surface area contributed by atoms with E-state index in [9.17, 15) is 9.59 Å². The van der Waals surface area contributed by atoms with Crippen LogP contribution in [0.15, 0.2) is 0 Å². The van der Waals surface area contributed by atoms with Crippen LogP contribution in [-0.4, -0.2) is 31.8 Å². The van der Waals surface area contributed by atoms with Crippen LogP contribution in [0.5, 0.6) is 0 Å². The number of hydrogen-bond donors (Lipinski definition) is 1. The van der Waals surface area contributed by atoms with Crippen LogP contribution in [-0.2, 0) is 14.3 Å². The van der Waals surface area contributed by atoms with Crippen molar-refractivity contribution in [3.63, 3.8) is 0 Å². The number of methoxy groups -OCH3 is 1. The van der Waals surface area contributed by atoms with Gasteiger partial charge in [0.25, 0.3) is 0 Å². The molecular formula is C14H27NO4. The number of amides is 1. The molecule has 0 aliphatic heterocycles. The monoisotopic (exact) mass is 273 g/mol. The van der Waals surface area contributed by atoms with Crippen molar-refractivity contribution in [2.24, 2.45) is 0 Å². The molecule has 0 fully saturated rings. The summed E-state index contributed by atoms with van der Waals surface area (Å²) in [5, 5.41) is 2.53. The highest BCUT2D eigenvalue weighted by Crippen LogP contribution is 2.07. The van der Waals surface area contributed by atoms with Gasteiger partial charge in [-0.25, -0.2) is 9.59 Å². The van der Waals surface area contributed by atoms with Crippen molar-refractivity contribution in [2.45, 2.75) is 64.8 Å². The lowest BCUT2D eigenvalue weighted by Gasteiger charge is -2.16. The first-order valence-electron chi connectivity index (χ1n) is 7.16. The van der Waals surface area contributed by atoms with Gasteiger partial charge in [-0.1, -0.05) is 46.0 Å². The van der Waals surface area contributed by atoms with E-state index in [1.54, 1.807) is 0 Å². The number of esters is 1. The summed E-state index contributed by atoms with van der Waals surface area (Å²) in [4.78, 5) is 23.0. The summed E-state index contributed by atoms with van der Waals surface area (Å²) in [5.41, 5.74) is 0. The zero-order chi connectivity index (χ0) is 14.5. The summed E-state index contributed by atoms with van der Waals surface area (Å²) in [6.45, 7) is 4.57. The van der Waals surface area contributed by atoms with Crippen LogP contribution in [0.4, 0.5) is 4.79 Å². The van der Waals surface area contributed by atoms with Crippen molar-refractivity contribution < 1.29 is 19.1 Å². The van der Waals surface area contributed by atoms with Gasteiger partial charge in [0.1, 0.15) is 6.04 Å². The lowest BCUT2D eigenvalue weighted by Crippen LogP contribution is -2.41.